The molecular weight excluding hydrogens is 302 g/mol. The summed E-state index contributed by atoms with van der Waals surface area (Å²) < 4.78 is 4.98. The number of aromatic nitrogens is 1. The van der Waals surface area contributed by atoms with E-state index in [1.165, 1.54) is 5.56 Å². The van der Waals surface area contributed by atoms with E-state index in [9.17, 15) is 4.79 Å². The number of hydrogen-bond donors (Lipinski definition) is 1. The van der Waals surface area contributed by atoms with Crippen LogP contribution in [-0.2, 0) is 11.3 Å². The van der Waals surface area contributed by atoms with Gasteiger partial charge >= 0.3 is 0 Å². The van der Waals surface area contributed by atoms with Gasteiger partial charge in [0, 0.05) is 39.5 Å². The highest BCUT2D eigenvalue weighted by atomic mass is 16.5. The number of anilines is 1. The molecule has 0 fully saturated rings. The monoisotopic (exact) mass is 327 g/mol. The molecule has 0 aliphatic heterocycles. The Kier molecular flexibility index (Phi) is 7.23. The summed E-state index contributed by atoms with van der Waals surface area (Å²) in [6, 6.07) is 12.2. The van der Waals surface area contributed by atoms with Gasteiger partial charge in [0.25, 0.3) is 5.91 Å². The highest BCUT2D eigenvalue weighted by molar-refractivity contribution is 5.94. The van der Waals surface area contributed by atoms with Crippen LogP contribution in [0.1, 0.15) is 29.3 Å². The molecule has 0 bridgehead atoms. The van der Waals surface area contributed by atoms with Crippen molar-refractivity contribution in [2.45, 2.75) is 19.9 Å². The van der Waals surface area contributed by atoms with Gasteiger partial charge in [-0.15, -0.1) is 0 Å². The Balaban J connectivity index is 2.03. The van der Waals surface area contributed by atoms with Crippen LogP contribution in [0.2, 0.25) is 0 Å². The molecule has 5 nitrogen and oxygen atoms in total. The third kappa shape index (κ3) is 5.35. The van der Waals surface area contributed by atoms with Gasteiger partial charge in [-0.05, 0) is 25.0 Å². The molecule has 0 saturated carbocycles. The van der Waals surface area contributed by atoms with Crippen LogP contribution in [0.4, 0.5) is 5.69 Å². The van der Waals surface area contributed by atoms with Gasteiger partial charge in [0.1, 0.15) is 0 Å². The lowest BCUT2D eigenvalue weighted by atomic mass is 10.2. The summed E-state index contributed by atoms with van der Waals surface area (Å²) in [6.45, 7) is 4.96. The van der Waals surface area contributed by atoms with E-state index in [1.54, 1.807) is 19.5 Å². The summed E-state index contributed by atoms with van der Waals surface area (Å²) in [7, 11) is 1.65. The summed E-state index contributed by atoms with van der Waals surface area (Å²) in [5.74, 6) is -0.101. The first-order valence-corrected chi connectivity index (χ1v) is 8.25. The number of nitrogens with zero attached hydrogens (tertiary/aromatic N) is 2. The van der Waals surface area contributed by atoms with Crippen molar-refractivity contribution >= 4 is 11.6 Å². The molecule has 0 aliphatic rings. The Bertz CT molecular complexity index is 632. The second-order valence-corrected chi connectivity index (χ2v) is 5.53. The van der Waals surface area contributed by atoms with Gasteiger partial charge in [0.2, 0.25) is 0 Å². The second kappa shape index (κ2) is 9.67. The van der Waals surface area contributed by atoms with Crippen molar-refractivity contribution in [2.24, 2.45) is 0 Å². The predicted octanol–water partition coefficient (Wildman–Crippen LogP) is 2.87. The minimum Gasteiger partial charge on any atom is -0.385 e. The zero-order valence-electron chi connectivity index (χ0n) is 14.4. The van der Waals surface area contributed by atoms with E-state index >= 15 is 0 Å². The third-order valence-corrected chi connectivity index (χ3v) is 3.76. The lowest BCUT2D eigenvalue weighted by molar-refractivity contribution is 0.0948. The molecule has 0 spiro atoms. The molecule has 0 unspecified atom stereocenters. The zero-order chi connectivity index (χ0) is 17.2. The summed E-state index contributed by atoms with van der Waals surface area (Å²) in [5.41, 5.74) is 2.76. The fourth-order valence-corrected chi connectivity index (χ4v) is 2.43. The van der Waals surface area contributed by atoms with Crippen LogP contribution >= 0.6 is 0 Å². The molecular formula is C19H25N3O2. The molecule has 0 atom stereocenters. The third-order valence-electron chi connectivity index (χ3n) is 3.76. The van der Waals surface area contributed by atoms with Crippen LogP contribution in [0.15, 0.2) is 48.8 Å². The molecule has 1 N–H and O–H groups in total. The quantitative estimate of drug-likeness (QED) is 0.720. The van der Waals surface area contributed by atoms with Crippen molar-refractivity contribution in [3.63, 3.8) is 0 Å². The number of ether oxygens (including phenoxy) is 1. The van der Waals surface area contributed by atoms with E-state index in [2.05, 4.69) is 34.3 Å². The Morgan fingerprint density at radius 2 is 2.04 bits per heavy atom. The number of pyridine rings is 1. The molecule has 2 aromatic rings. The fourth-order valence-electron chi connectivity index (χ4n) is 2.43. The highest BCUT2D eigenvalue weighted by Crippen LogP contribution is 2.17. The number of amides is 1. The van der Waals surface area contributed by atoms with E-state index in [1.807, 2.05) is 24.3 Å². The van der Waals surface area contributed by atoms with Gasteiger partial charge in [-0.2, -0.15) is 0 Å². The van der Waals surface area contributed by atoms with Crippen LogP contribution in [0, 0.1) is 0 Å². The number of rotatable bonds is 9. The van der Waals surface area contributed by atoms with E-state index in [4.69, 9.17) is 4.74 Å². The van der Waals surface area contributed by atoms with Gasteiger partial charge in [0.05, 0.1) is 17.4 Å². The number of carbonyl (C=O) groups excluding carboxylic acids is 1. The molecule has 1 aromatic heterocycles. The molecule has 1 amide bonds. The van der Waals surface area contributed by atoms with Crippen LogP contribution in [-0.4, -0.2) is 37.7 Å². The number of methoxy groups -OCH3 is 1. The van der Waals surface area contributed by atoms with Crippen molar-refractivity contribution < 1.29 is 9.53 Å². The van der Waals surface area contributed by atoms with Crippen LogP contribution in [0.3, 0.4) is 0 Å². The maximum absolute atomic E-state index is 12.2. The summed E-state index contributed by atoms with van der Waals surface area (Å²) in [4.78, 5) is 18.7. The Labute approximate surface area is 143 Å². The molecule has 5 heteroatoms. The molecule has 0 saturated heterocycles. The van der Waals surface area contributed by atoms with Crippen molar-refractivity contribution in [1.29, 1.82) is 0 Å². The van der Waals surface area contributed by atoms with E-state index in [0.29, 0.717) is 18.7 Å². The average Bonchev–Trinajstić information content (AvgIpc) is 2.64. The number of hydrogen-bond acceptors (Lipinski definition) is 4. The number of nitrogens with one attached hydrogen (secondary N) is 1. The van der Waals surface area contributed by atoms with E-state index < -0.39 is 0 Å². The molecule has 24 heavy (non-hydrogen) atoms. The van der Waals surface area contributed by atoms with Crippen molar-refractivity contribution in [1.82, 2.24) is 10.3 Å². The fraction of sp³-hybridized carbons (Fsp3) is 0.368. The first kappa shape index (κ1) is 17.9. The predicted molar refractivity (Wildman–Crippen MR) is 96.2 cm³/mol. The Morgan fingerprint density at radius 3 is 2.75 bits per heavy atom. The Hall–Kier alpha value is -2.40. The molecule has 0 radical (unpaired) electrons. The maximum Gasteiger partial charge on any atom is 0.252 e. The molecule has 0 aliphatic carbocycles. The summed E-state index contributed by atoms with van der Waals surface area (Å²) >= 11 is 0. The van der Waals surface area contributed by atoms with E-state index in [-0.39, 0.29) is 5.91 Å². The zero-order valence-corrected chi connectivity index (χ0v) is 14.4. The largest absolute Gasteiger partial charge is 0.385 e. The van der Waals surface area contributed by atoms with Crippen LogP contribution in [0.5, 0.6) is 0 Å². The van der Waals surface area contributed by atoms with Gasteiger partial charge in [0.15, 0.2) is 0 Å². The van der Waals surface area contributed by atoms with Gasteiger partial charge in [-0.3, -0.25) is 9.78 Å². The first-order valence-electron chi connectivity index (χ1n) is 8.25. The lowest BCUT2D eigenvalue weighted by Crippen LogP contribution is -2.26. The molecule has 1 aromatic carbocycles. The molecule has 2 rings (SSSR count). The Morgan fingerprint density at radius 1 is 1.25 bits per heavy atom. The number of carbonyl (C=O) groups is 1. The minimum absolute atomic E-state index is 0.101. The van der Waals surface area contributed by atoms with Gasteiger partial charge in [-0.25, -0.2) is 0 Å². The maximum atomic E-state index is 12.2. The van der Waals surface area contributed by atoms with Crippen LogP contribution < -0.4 is 10.2 Å². The lowest BCUT2D eigenvalue weighted by Gasteiger charge is -2.23. The summed E-state index contributed by atoms with van der Waals surface area (Å²) in [5, 5.41) is 2.89. The van der Waals surface area contributed by atoms with Crippen molar-refractivity contribution in [2.75, 3.05) is 31.7 Å². The van der Waals surface area contributed by atoms with Gasteiger partial charge in [-0.1, -0.05) is 30.3 Å². The second-order valence-electron chi connectivity index (χ2n) is 5.53. The van der Waals surface area contributed by atoms with Crippen LogP contribution in [0.25, 0.3) is 0 Å². The topological polar surface area (TPSA) is 54.5 Å². The summed E-state index contributed by atoms with van der Waals surface area (Å²) in [6.07, 6.45) is 4.20. The normalized spacial score (nSPS) is 10.4. The van der Waals surface area contributed by atoms with Crippen molar-refractivity contribution in [3.05, 3.63) is 59.9 Å². The molecule has 128 valence electrons. The minimum atomic E-state index is -0.101. The van der Waals surface area contributed by atoms with Crippen molar-refractivity contribution in [3.8, 4) is 0 Å². The molecule has 1 heterocycles. The standard InChI is InChI=1S/C19H25N3O2/c1-3-22(15-16-8-5-4-6-9-16)18-12-17(13-20-14-18)19(23)21-10-7-11-24-2/h4-6,8-9,12-14H,3,7,10-11,15H2,1-2H3,(H,21,23). The number of benzene rings is 1. The average molecular weight is 327 g/mol. The van der Waals surface area contributed by atoms with E-state index in [0.717, 1.165) is 25.2 Å². The smallest absolute Gasteiger partial charge is 0.252 e. The highest BCUT2D eigenvalue weighted by Gasteiger charge is 2.10. The SMILES string of the molecule is CCN(Cc1ccccc1)c1cncc(C(=O)NCCCOC)c1. The first-order chi connectivity index (χ1) is 11.7. The van der Waals surface area contributed by atoms with Gasteiger partial charge < -0.3 is 15.0 Å².